The van der Waals surface area contributed by atoms with E-state index in [2.05, 4.69) is 60.0 Å². The molecule has 0 aliphatic carbocycles. The summed E-state index contributed by atoms with van der Waals surface area (Å²) in [6.45, 7) is 3.27. The van der Waals surface area contributed by atoms with Gasteiger partial charge < -0.3 is 15.5 Å². The molecule has 0 saturated carbocycles. The molecule has 0 spiro atoms. The van der Waals surface area contributed by atoms with Crippen LogP contribution in [0.15, 0.2) is 30.3 Å². The summed E-state index contributed by atoms with van der Waals surface area (Å²) in [6.07, 6.45) is 4.01. The molecule has 1 aromatic rings. The molecule has 0 amide bonds. The molecule has 1 saturated heterocycles. The summed E-state index contributed by atoms with van der Waals surface area (Å²) in [5.41, 5.74) is 1.39. The molecule has 2 unspecified atom stereocenters. The molecule has 1 fully saturated rings. The Labute approximate surface area is 117 Å². The summed E-state index contributed by atoms with van der Waals surface area (Å²) in [4.78, 5) is 2.29. The van der Waals surface area contributed by atoms with Gasteiger partial charge in [0.15, 0.2) is 0 Å². The van der Waals surface area contributed by atoms with Crippen molar-refractivity contribution >= 4 is 0 Å². The Balaban J connectivity index is 1.80. The molecule has 0 radical (unpaired) electrons. The van der Waals surface area contributed by atoms with Gasteiger partial charge in [-0.3, -0.25) is 0 Å². The largest absolute Gasteiger partial charge is 0.313 e. The van der Waals surface area contributed by atoms with Crippen molar-refractivity contribution < 1.29 is 0 Å². The number of hydrogen-bond acceptors (Lipinski definition) is 3. The maximum Gasteiger partial charge on any atom is 0.0466 e. The smallest absolute Gasteiger partial charge is 0.0466 e. The van der Waals surface area contributed by atoms with Gasteiger partial charge in [-0.25, -0.2) is 0 Å². The third-order valence-corrected chi connectivity index (χ3v) is 3.95. The highest BCUT2D eigenvalue weighted by molar-refractivity contribution is 5.19. The van der Waals surface area contributed by atoms with Gasteiger partial charge in [-0.1, -0.05) is 36.8 Å². The molecule has 0 bridgehead atoms. The van der Waals surface area contributed by atoms with Crippen molar-refractivity contribution in [3.8, 4) is 0 Å². The lowest BCUT2D eigenvalue weighted by molar-refractivity contribution is 0.280. The average Bonchev–Trinajstić information content (AvgIpc) is 2.45. The number of hydrogen-bond donors (Lipinski definition) is 2. The van der Waals surface area contributed by atoms with Crippen LogP contribution in [0, 0.1) is 0 Å². The van der Waals surface area contributed by atoms with Crippen molar-refractivity contribution in [1.29, 1.82) is 0 Å². The lowest BCUT2D eigenvalue weighted by Gasteiger charge is -2.28. The Morgan fingerprint density at radius 1 is 1.26 bits per heavy atom. The standard InChI is InChI=1S/C16H27N3/c1-19(2)16(14-8-4-3-5-9-14)13-17-12-15-10-6-7-11-18-15/h3-5,8-9,15-18H,6-7,10-13H2,1-2H3. The molecule has 1 aliphatic heterocycles. The first-order chi connectivity index (χ1) is 9.27. The van der Waals surface area contributed by atoms with Gasteiger partial charge in [0.05, 0.1) is 0 Å². The Bertz CT molecular complexity index is 344. The molecule has 106 valence electrons. The highest BCUT2D eigenvalue weighted by Gasteiger charge is 2.15. The van der Waals surface area contributed by atoms with Gasteiger partial charge in [0, 0.05) is 25.2 Å². The van der Waals surface area contributed by atoms with Crippen molar-refractivity contribution in [3.05, 3.63) is 35.9 Å². The fraction of sp³-hybridized carbons (Fsp3) is 0.625. The van der Waals surface area contributed by atoms with Gasteiger partial charge in [0.1, 0.15) is 0 Å². The Hall–Kier alpha value is -0.900. The number of benzene rings is 1. The van der Waals surface area contributed by atoms with E-state index in [1.54, 1.807) is 0 Å². The molecule has 2 N–H and O–H groups in total. The second-order valence-electron chi connectivity index (χ2n) is 5.70. The quantitative estimate of drug-likeness (QED) is 0.820. The van der Waals surface area contributed by atoms with Crippen molar-refractivity contribution in [2.45, 2.75) is 31.3 Å². The van der Waals surface area contributed by atoms with Crippen molar-refractivity contribution in [1.82, 2.24) is 15.5 Å². The van der Waals surface area contributed by atoms with Crippen LogP contribution in [0.1, 0.15) is 30.9 Å². The van der Waals surface area contributed by atoms with E-state index >= 15 is 0 Å². The van der Waals surface area contributed by atoms with Crippen LogP contribution in [-0.4, -0.2) is 44.7 Å². The van der Waals surface area contributed by atoms with E-state index in [-0.39, 0.29) is 0 Å². The molecule has 2 rings (SSSR count). The summed E-state index contributed by atoms with van der Waals surface area (Å²) >= 11 is 0. The highest BCUT2D eigenvalue weighted by Crippen LogP contribution is 2.16. The van der Waals surface area contributed by atoms with E-state index in [0.717, 1.165) is 13.1 Å². The lowest BCUT2D eigenvalue weighted by Crippen LogP contribution is -2.43. The molecule has 3 heteroatoms. The second kappa shape index (κ2) is 7.63. The second-order valence-corrected chi connectivity index (χ2v) is 5.70. The topological polar surface area (TPSA) is 27.3 Å². The number of nitrogens with one attached hydrogen (secondary N) is 2. The summed E-state index contributed by atoms with van der Waals surface area (Å²) < 4.78 is 0. The zero-order chi connectivity index (χ0) is 13.5. The van der Waals surface area contributed by atoms with Gasteiger partial charge >= 0.3 is 0 Å². The Morgan fingerprint density at radius 3 is 2.68 bits per heavy atom. The number of rotatable bonds is 6. The minimum Gasteiger partial charge on any atom is -0.313 e. The predicted molar refractivity (Wildman–Crippen MR) is 81.4 cm³/mol. The molecular weight excluding hydrogens is 234 g/mol. The van der Waals surface area contributed by atoms with Crippen LogP contribution >= 0.6 is 0 Å². The number of nitrogens with zero attached hydrogens (tertiary/aromatic N) is 1. The normalized spacial score (nSPS) is 21.5. The van der Waals surface area contributed by atoms with Crippen LogP contribution in [0.2, 0.25) is 0 Å². The molecule has 1 aliphatic rings. The summed E-state index contributed by atoms with van der Waals surface area (Å²) in [5, 5.41) is 7.22. The van der Waals surface area contributed by atoms with E-state index in [1.165, 1.54) is 31.4 Å². The van der Waals surface area contributed by atoms with Crippen LogP contribution in [0.3, 0.4) is 0 Å². The van der Waals surface area contributed by atoms with E-state index in [1.807, 2.05) is 0 Å². The molecule has 0 aromatic heterocycles. The molecule has 1 aromatic carbocycles. The maximum absolute atomic E-state index is 3.63. The molecule has 3 nitrogen and oxygen atoms in total. The van der Waals surface area contributed by atoms with Crippen LogP contribution in [0.5, 0.6) is 0 Å². The lowest BCUT2D eigenvalue weighted by atomic mass is 10.0. The number of piperidine rings is 1. The van der Waals surface area contributed by atoms with Gasteiger partial charge in [0.2, 0.25) is 0 Å². The van der Waals surface area contributed by atoms with Gasteiger partial charge in [-0.2, -0.15) is 0 Å². The van der Waals surface area contributed by atoms with Crippen LogP contribution in [0.4, 0.5) is 0 Å². The van der Waals surface area contributed by atoms with Gasteiger partial charge in [-0.15, -0.1) is 0 Å². The zero-order valence-electron chi connectivity index (χ0n) is 12.2. The minimum atomic E-state index is 0.449. The molecule has 2 atom stereocenters. The predicted octanol–water partition coefficient (Wildman–Crippen LogP) is 2.02. The Morgan fingerprint density at radius 2 is 2.05 bits per heavy atom. The SMILES string of the molecule is CN(C)C(CNCC1CCCCN1)c1ccccc1. The average molecular weight is 261 g/mol. The van der Waals surface area contributed by atoms with Gasteiger partial charge in [-0.05, 0) is 39.0 Å². The maximum atomic E-state index is 3.63. The Kier molecular flexibility index (Phi) is 5.83. The first-order valence-electron chi connectivity index (χ1n) is 7.43. The monoisotopic (exact) mass is 261 g/mol. The van der Waals surface area contributed by atoms with Crippen molar-refractivity contribution in [2.75, 3.05) is 33.7 Å². The highest BCUT2D eigenvalue weighted by atomic mass is 15.1. The van der Waals surface area contributed by atoms with Gasteiger partial charge in [0.25, 0.3) is 0 Å². The summed E-state index contributed by atoms with van der Waals surface area (Å²) in [5.74, 6) is 0. The van der Waals surface area contributed by atoms with E-state index in [4.69, 9.17) is 0 Å². The fourth-order valence-corrected chi connectivity index (χ4v) is 2.77. The van der Waals surface area contributed by atoms with E-state index in [0.29, 0.717) is 12.1 Å². The van der Waals surface area contributed by atoms with Crippen LogP contribution in [0.25, 0.3) is 0 Å². The molecule has 19 heavy (non-hydrogen) atoms. The van der Waals surface area contributed by atoms with E-state index in [9.17, 15) is 0 Å². The first-order valence-corrected chi connectivity index (χ1v) is 7.43. The third-order valence-electron chi connectivity index (χ3n) is 3.95. The molecular formula is C16H27N3. The third kappa shape index (κ3) is 4.60. The van der Waals surface area contributed by atoms with Crippen molar-refractivity contribution in [2.24, 2.45) is 0 Å². The van der Waals surface area contributed by atoms with Crippen LogP contribution in [-0.2, 0) is 0 Å². The first kappa shape index (κ1) is 14.5. The van der Waals surface area contributed by atoms with E-state index < -0.39 is 0 Å². The minimum absolute atomic E-state index is 0.449. The number of likely N-dealkylation sites (N-methyl/N-ethyl adjacent to an activating group) is 1. The van der Waals surface area contributed by atoms with Crippen molar-refractivity contribution in [3.63, 3.8) is 0 Å². The van der Waals surface area contributed by atoms with Crippen LogP contribution < -0.4 is 10.6 Å². The summed E-state index contributed by atoms with van der Waals surface area (Å²) in [7, 11) is 4.30. The summed E-state index contributed by atoms with van der Waals surface area (Å²) in [6, 6.07) is 11.9. The zero-order valence-corrected chi connectivity index (χ0v) is 12.2. The fourth-order valence-electron chi connectivity index (χ4n) is 2.77. The molecule has 1 heterocycles.